The molecule has 0 spiro atoms. The van der Waals surface area contributed by atoms with Crippen LogP contribution < -0.4 is 10.5 Å². The lowest BCUT2D eigenvalue weighted by Crippen LogP contribution is -2.45. The standard InChI is InChI=1S/C13H21BrClN3O2S/c1-8(2)11(7-18(3)4)17-21(19,20)12-6-9(15)5-10(16)13(12)14/h5-6,8,11,17H,7,16H2,1-4H3. The molecule has 0 amide bonds. The van der Waals surface area contributed by atoms with E-state index >= 15 is 0 Å². The number of likely N-dealkylation sites (N-methyl/N-ethyl adjacent to an activating group) is 1. The van der Waals surface area contributed by atoms with Crippen molar-refractivity contribution in [2.24, 2.45) is 5.92 Å². The van der Waals surface area contributed by atoms with Gasteiger partial charge in [-0.25, -0.2) is 13.1 Å². The van der Waals surface area contributed by atoms with Crippen molar-refractivity contribution in [2.75, 3.05) is 26.4 Å². The predicted octanol–water partition coefficient (Wildman–Crippen LogP) is 2.55. The van der Waals surface area contributed by atoms with Crippen LogP contribution in [0.1, 0.15) is 13.8 Å². The van der Waals surface area contributed by atoms with Crippen LogP contribution >= 0.6 is 27.5 Å². The summed E-state index contributed by atoms with van der Waals surface area (Å²) in [7, 11) is 0.0857. The molecule has 0 saturated carbocycles. The first-order chi connectivity index (χ1) is 9.54. The monoisotopic (exact) mass is 397 g/mol. The van der Waals surface area contributed by atoms with Crippen LogP contribution in [0.15, 0.2) is 21.5 Å². The lowest BCUT2D eigenvalue weighted by Gasteiger charge is -2.25. The molecule has 1 rings (SSSR count). The summed E-state index contributed by atoms with van der Waals surface area (Å²) in [6.07, 6.45) is 0. The number of rotatable bonds is 6. The highest BCUT2D eigenvalue weighted by molar-refractivity contribution is 9.10. The number of halogens is 2. The van der Waals surface area contributed by atoms with E-state index in [-0.39, 0.29) is 27.6 Å². The van der Waals surface area contributed by atoms with E-state index in [1.54, 1.807) is 0 Å². The summed E-state index contributed by atoms with van der Waals surface area (Å²) in [6.45, 7) is 4.54. The molecule has 120 valence electrons. The highest BCUT2D eigenvalue weighted by atomic mass is 79.9. The number of nitrogen functional groups attached to an aromatic ring is 1. The van der Waals surface area contributed by atoms with Crippen LogP contribution in [0.5, 0.6) is 0 Å². The number of anilines is 1. The van der Waals surface area contributed by atoms with Crippen LogP contribution in [0, 0.1) is 5.92 Å². The van der Waals surface area contributed by atoms with E-state index in [0.29, 0.717) is 11.0 Å². The van der Waals surface area contributed by atoms with E-state index in [2.05, 4.69) is 20.7 Å². The highest BCUT2D eigenvalue weighted by Gasteiger charge is 2.26. The van der Waals surface area contributed by atoms with Gasteiger partial charge in [-0.1, -0.05) is 25.4 Å². The zero-order valence-electron chi connectivity index (χ0n) is 12.5. The molecule has 0 saturated heterocycles. The summed E-state index contributed by atoms with van der Waals surface area (Å²) >= 11 is 9.13. The van der Waals surface area contributed by atoms with E-state index in [1.807, 2.05) is 32.8 Å². The molecule has 0 aromatic heterocycles. The molecule has 8 heteroatoms. The fourth-order valence-corrected chi connectivity index (χ4v) is 4.49. The third-order valence-electron chi connectivity index (χ3n) is 2.99. The number of benzene rings is 1. The van der Waals surface area contributed by atoms with Gasteiger partial charge in [-0.05, 0) is 48.1 Å². The topological polar surface area (TPSA) is 75.4 Å². The Balaban J connectivity index is 3.16. The molecule has 0 bridgehead atoms. The normalized spacial score (nSPS) is 13.9. The molecular formula is C13H21BrClN3O2S. The van der Waals surface area contributed by atoms with E-state index in [0.717, 1.165) is 0 Å². The van der Waals surface area contributed by atoms with Gasteiger partial charge < -0.3 is 10.6 Å². The Kier molecular flexibility index (Phi) is 6.49. The first-order valence-corrected chi connectivity index (χ1v) is 9.11. The maximum absolute atomic E-state index is 12.6. The smallest absolute Gasteiger partial charge is 0.242 e. The molecule has 0 aliphatic carbocycles. The van der Waals surface area contributed by atoms with Gasteiger partial charge in [0.1, 0.15) is 0 Å². The van der Waals surface area contributed by atoms with Crippen molar-refractivity contribution in [3.8, 4) is 0 Å². The van der Waals surface area contributed by atoms with Crippen molar-refractivity contribution in [1.82, 2.24) is 9.62 Å². The van der Waals surface area contributed by atoms with E-state index in [9.17, 15) is 8.42 Å². The van der Waals surface area contributed by atoms with E-state index < -0.39 is 10.0 Å². The summed E-state index contributed by atoms with van der Waals surface area (Å²) in [5.41, 5.74) is 6.05. The van der Waals surface area contributed by atoms with Gasteiger partial charge in [0, 0.05) is 23.3 Å². The number of nitrogens with zero attached hydrogens (tertiary/aromatic N) is 1. The zero-order chi connectivity index (χ0) is 16.4. The molecule has 1 aromatic carbocycles. The molecule has 3 N–H and O–H groups in total. The van der Waals surface area contributed by atoms with E-state index in [1.165, 1.54) is 12.1 Å². The SMILES string of the molecule is CC(C)C(CN(C)C)NS(=O)(=O)c1cc(Cl)cc(N)c1Br. The van der Waals surface area contributed by atoms with Crippen LogP contribution in [0.2, 0.25) is 5.02 Å². The molecule has 5 nitrogen and oxygen atoms in total. The maximum atomic E-state index is 12.6. The Hall–Kier alpha value is -0.340. The van der Waals surface area contributed by atoms with Crippen LogP contribution in [0.4, 0.5) is 5.69 Å². The molecule has 1 unspecified atom stereocenters. The van der Waals surface area contributed by atoms with Crippen molar-refractivity contribution >= 4 is 43.2 Å². The van der Waals surface area contributed by atoms with Crippen LogP contribution in [0.25, 0.3) is 0 Å². The lowest BCUT2D eigenvalue weighted by atomic mass is 10.1. The molecular weight excluding hydrogens is 378 g/mol. The second-order valence-electron chi connectivity index (χ2n) is 5.54. The van der Waals surface area contributed by atoms with E-state index in [4.69, 9.17) is 17.3 Å². The molecule has 1 aromatic rings. The number of hydrogen-bond acceptors (Lipinski definition) is 4. The number of nitrogens with two attached hydrogens (primary N) is 1. The van der Waals surface area contributed by atoms with Crippen LogP contribution in [0.3, 0.4) is 0 Å². The predicted molar refractivity (Wildman–Crippen MR) is 91.1 cm³/mol. The van der Waals surface area contributed by atoms with Gasteiger partial charge in [0.15, 0.2) is 0 Å². The largest absolute Gasteiger partial charge is 0.398 e. The summed E-state index contributed by atoms with van der Waals surface area (Å²) < 4.78 is 28.2. The fraction of sp³-hybridized carbons (Fsp3) is 0.538. The molecule has 0 fully saturated rings. The molecule has 1 atom stereocenters. The van der Waals surface area contributed by atoms with Gasteiger partial charge >= 0.3 is 0 Å². The van der Waals surface area contributed by atoms with Crippen molar-refractivity contribution in [3.63, 3.8) is 0 Å². The van der Waals surface area contributed by atoms with Gasteiger partial charge in [0.05, 0.1) is 9.37 Å². The molecule has 0 heterocycles. The molecule has 0 radical (unpaired) electrons. The third-order valence-corrected chi connectivity index (χ3v) is 5.87. The molecule has 0 aliphatic rings. The summed E-state index contributed by atoms with van der Waals surface area (Å²) in [5, 5.41) is 0.282. The van der Waals surface area contributed by atoms with Gasteiger partial charge in [0.25, 0.3) is 0 Å². The summed E-state index contributed by atoms with van der Waals surface area (Å²) in [5.74, 6) is 0.150. The maximum Gasteiger partial charge on any atom is 0.242 e. The van der Waals surface area contributed by atoms with Gasteiger partial charge in [-0.15, -0.1) is 0 Å². The average Bonchev–Trinajstić information content (AvgIpc) is 2.31. The minimum Gasteiger partial charge on any atom is -0.398 e. The summed E-state index contributed by atoms with van der Waals surface area (Å²) in [6, 6.07) is 2.68. The fourth-order valence-electron chi connectivity index (χ4n) is 1.82. The zero-order valence-corrected chi connectivity index (χ0v) is 15.7. The number of sulfonamides is 1. The molecule has 21 heavy (non-hydrogen) atoms. The van der Waals surface area contributed by atoms with Crippen molar-refractivity contribution in [1.29, 1.82) is 0 Å². The quantitative estimate of drug-likeness (QED) is 0.722. The first kappa shape index (κ1) is 18.7. The summed E-state index contributed by atoms with van der Waals surface area (Å²) in [4.78, 5) is 1.99. The van der Waals surface area contributed by atoms with Crippen molar-refractivity contribution in [3.05, 3.63) is 21.6 Å². The third kappa shape index (κ3) is 5.10. The van der Waals surface area contributed by atoms with Gasteiger partial charge in [-0.2, -0.15) is 0 Å². The first-order valence-electron chi connectivity index (χ1n) is 6.46. The van der Waals surface area contributed by atoms with Gasteiger partial charge in [-0.3, -0.25) is 0 Å². The van der Waals surface area contributed by atoms with Crippen LogP contribution in [-0.4, -0.2) is 40.0 Å². The Morgan fingerprint density at radius 3 is 2.43 bits per heavy atom. The minimum atomic E-state index is -3.71. The number of nitrogens with one attached hydrogen (secondary N) is 1. The Bertz CT molecular complexity index is 606. The Morgan fingerprint density at radius 2 is 1.95 bits per heavy atom. The highest BCUT2D eigenvalue weighted by Crippen LogP contribution is 2.31. The average molecular weight is 399 g/mol. The van der Waals surface area contributed by atoms with Gasteiger partial charge in [0.2, 0.25) is 10.0 Å². The van der Waals surface area contributed by atoms with Crippen molar-refractivity contribution < 1.29 is 8.42 Å². The molecule has 0 aliphatic heterocycles. The van der Waals surface area contributed by atoms with Crippen LogP contribution in [-0.2, 0) is 10.0 Å². The minimum absolute atomic E-state index is 0.0527. The second-order valence-corrected chi connectivity index (χ2v) is 8.45. The number of hydrogen-bond donors (Lipinski definition) is 2. The van der Waals surface area contributed by atoms with Crippen molar-refractivity contribution in [2.45, 2.75) is 24.8 Å². The second kappa shape index (κ2) is 7.28. The lowest BCUT2D eigenvalue weighted by molar-refractivity contribution is 0.314. The Labute approximate surface area is 140 Å². The Morgan fingerprint density at radius 1 is 1.38 bits per heavy atom.